The summed E-state index contributed by atoms with van der Waals surface area (Å²) in [5.41, 5.74) is 21.1. The van der Waals surface area contributed by atoms with Crippen molar-refractivity contribution in [2.24, 2.45) is 0 Å². The molecule has 0 spiro atoms. The minimum Gasteiger partial charge on any atom is -0.444 e. The number of hydrogen-bond donors (Lipinski definition) is 2. The van der Waals surface area contributed by atoms with Gasteiger partial charge >= 0.3 is 12.2 Å². The Labute approximate surface area is 416 Å². The molecule has 2 amide bonds. The second kappa shape index (κ2) is 23.6. The lowest BCUT2D eigenvalue weighted by atomic mass is 9.83. The number of nitrogens with one attached hydrogen (secondary N) is 2. The fourth-order valence-electron chi connectivity index (χ4n) is 7.59. The fourth-order valence-corrected chi connectivity index (χ4v) is 8.39. The van der Waals surface area contributed by atoms with Crippen molar-refractivity contribution in [3.63, 3.8) is 0 Å². The largest absolute Gasteiger partial charge is 0.444 e. The maximum atomic E-state index is 13.9. The number of terminal acetylenes is 1. The molecule has 0 saturated carbocycles. The first-order valence-electron chi connectivity index (χ1n) is 22.7. The number of rotatable bonds is 6. The van der Waals surface area contributed by atoms with Crippen LogP contribution in [0.25, 0.3) is 0 Å². The van der Waals surface area contributed by atoms with Gasteiger partial charge in [-0.15, -0.1) is 6.42 Å². The molecule has 0 atom stereocenters. The van der Waals surface area contributed by atoms with E-state index >= 15 is 0 Å². The molecule has 9 heteroatoms. The summed E-state index contributed by atoms with van der Waals surface area (Å²) in [6.07, 6.45) is 3.93. The second-order valence-electron chi connectivity index (χ2n) is 19.5. The summed E-state index contributed by atoms with van der Waals surface area (Å²) >= 11 is 2.32. The topological polar surface area (TPSA) is 111 Å². The van der Waals surface area contributed by atoms with Crippen LogP contribution in [0.15, 0.2) is 12.1 Å². The third-order valence-corrected chi connectivity index (χ3v) is 14.2. The molecule has 0 bridgehead atoms. The molecule has 4 aromatic rings. The Morgan fingerprint density at radius 2 is 0.821 bits per heavy atom. The minimum absolute atomic E-state index is 0.00759. The van der Waals surface area contributed by atoms with Crippen LogP contribution in [0.5, 0.6) is 0 Å². The Morgan fingerprint density at radius 3 is 1.19 bits per heavy atom. The summed E-state index contributed by atoms with van der Waals surface area (Å²) in [6.45, 7) is 44.3. The maximum Gasteiger partial charge on any atom is 0.408 e. The molecule has 0 heterocycles. The average molecular weight is 1020 g/mol. The van der Waals surface area contributed by atoms with Crippen molar-refractivity contribution in [3.05, 3.63) is 133 Å². The number of halogens is 1. The molecule has 0 unspecified atom stereocenters. The summed E-state index contributed by atoms with van der Waals surface area (Å²) in [4.78, 5) is 49.9. The molecular formula is C58H75IN2O6. The number of amides is 2. The van der Waals surface area contributed by atoms with E-state index < -0.39 is 23.4 Å². The highest BCUT2D eigenvalue weighted by atomic mass is 127. The predicted octanol–water partition coefficient (Wildman–Crippen LogP) is 13.4. The number of ketones is 2. The Kier molecular flexibility index (Phi) is 20.3. The van der Waals surface area contributed by atoms with E-state index in [1.54, 1.807) is 20.8 Å². The molecule has 0 aromatic heterocycles. The van der Waals surface area contributed by atoms with Crippen LogP contribution in [0, 0.1) is 139 Å². The van der Waals surface area contributed by atoms with Crippen LogP contribution in [-0.4, -0.2) is 48.0 Å². The minimum atomic E-state index is -0.568. The van der Waals surface area contributed by atoms with Gasteiger partial charge in [0.1, 0.15) is 11.2 Å². The van der Waals surface area contributed by atoms with Crippen LogP contribution in [0.2, 0.25) is 0 Å². The van der Waals surface area contributed by atoms with Crippen molar-refractivity contribution in [3.8, 4) is 24.2 Å². The number of aryl methyl sites for hydroxylation is 2. The molecule has 2 N–H and O–H groups in total. The lowest BCUT2D eigenvalue weighted by molar-refractivity contribution is 0.0523. The normalized spacial score (nSPS) is 10.8. The number of carbonyl (C=O) groups excluding carboxylic acids is 4. The third kappa shape index (κ3) is 14.6. The van der Waals surface area contributed by atoms with E-state index in [2.05, 4.69) is 133 Å². The summed E-state index contributed by atoms with van der Waals surface area (Å²) in [6, 6.07) is 4.00. The van der Waals surface area contributed by atoms with E-state index in [9.17, 15) is 19.2 Å². The van der Waals surface area contributed by atoms with Crippen molar-refractivity contribution in [1.82, 2.24) is 10.6 Å². The maximum absolute atomic E-state index is 13.9. The molecule has 0 saturated heterocycles. The quantitative estimate of drug-likeness (QED) is 0.113. The van der Waals surface area contributed by atoms with Gasteiger partial charge in [-0.05, 0) is 276 Å². The monoisotopic (exact) mass is 1020 g/mol. The van der Waals surface area contributed by atoms with E-state index in [0.29, 0.717) is 11.1 Å². The summed E-state index contributed by atoms with van der Waals surface area (Å²) in [7, 11) is 0. The van der Waals surface area contributed by atoms with Gasteiger partial charge in [0.2, 0.25) is 0 Å². The average Bonchev–Trinajstić information content (AvgIpc) is 3.23. The zero-order valence-corrected chi connectivity index (χ0v) is 46.6. The molecule has 0 aliphatic carbocycles. The van der Waals surface area contributed by atoms with Gasteiger partial charge in [-0.2, -0.15) is 0 Å². The standard InChI is InChI=1S/C29H37NO3.C21H25IO.C8H13NO2/c1-16-15-25(27(31)26-22(7)19(4)18(3)20(5)23(26)8)24(21(6)17(16)2)13-12-14-30-28(32)33-29(9,10)11;1-10-9-18(20(22)17(8)11(10)2)21(23)19-15(6)13(4)12(3)14(5)16(19)7;1-5-6-9-7(10)11-8(2,3)4/h15H,14H2,1-11H3,(H,30,32);9H,1-8H3;1H,6H2,2-4H3,(H,9,10). The van der Waals surface area contributed by atoms with Gasteiger partial charge in [0.25, 0.3) is 0 Å². The van der Waals surface area contributed by atoms with E-state index in [-0.39, 0.29) is 24.7 Å². The number of ether oxygens (including phenoxy) is 2. The van der Waals surface area contributed by atoms with Crippen LogP contribution in [0.3, 0.4) is 0 Å². The van der Waals surface area contributed by atoms with Gasteiger partial charge in [-0.3, -0.25) is 9.59 Å². The van der Waals surface area contributed by atoms with Gasteiger partial charge in [-0.1, -0.05) is 17.8 Å². The number of hydrogen-bond acceptors (Lipinski definition) is 6. The van der Waals surface area contributed by atoms with Crippen molar-refractivity contribution >= 4 is 46.3 Å². The lowest BCUT2D eigenvalue weighted by Gasteiger charge is -2.20. The Balaban J connectivity index is 0.000000391. The lowest BCUT2D eigenvalue weighted by Crippen LogP contribution is -2.32. The molecule has 0 aliphatic rings. The third-order valence-electron chi connectivity index (χ3n) is 12.9. The van der Waals surface area contributed by atoms with Gasteiger partial charge in [-0.25, -0.2) is 9.59 Å². The molecule has 0 radical (unpaired) electrons. The van der Waals surface area contributed by atoms with Gasteiger partial charge in [0.15, 0.2) is 11.6 Å². The molecule has 360 valence electrons. The fraction of sp³-hybridized carbons (Fsp3) is 0.448. The van der Waals surface area contributed by atoms with E-state index in [1.807, 2.05) is 61.5 Å². The van der Waals surface area contributed by atoms with Crippen LogP contribution >= 0.6 is 22.6 Å². The highest BCUT2D eigenvalue weighted by Gasteiger charge is 2.25. The molecule has 0 fully saturated rings. The van der Waals surface area contributed by atoms with Crippen molar-refractivity contribution in [2.75, 3.05) is 13.1 Å². The molecular weight excluding hydrogens is 948 g/mol. The molecule has 0 aliphatic heterocycles. The molecule has 4 rings (SSSR count). The highest BCUT2D eigenvalue weighted by molar-refractivity contribution is 14.1. The predicted molar refractivity (Wildman–Crippen MR) is 285 cm³/mol. The van der Waals surface area contributed by atoms with Crippen LogP contribution in [0.4, 0.5) is 9.59 Å². The summed E-state index contributed by atoms with van der Waals surface area (Å²) < 4.78 is 11.2. The van der Waals surface area contributed by atoms with Crippen LogP contribution < -0.4 is 10.6 Å². The van der Waals surface area contributed by atoms with Crippen molar-refractivity contribution in [2.45, 2.75) is 164 Å². The number of carbonyl (C=O) groups is 4. The van der Waals surface area contributed by atoms with E-state index in [1.165, 1.54) is 38.9 Å². The summed E-state index contributed by atoms with van der Waals surface area (Å²) in [5, 5.41) is 5.05. The first-order valence-corrected chi connectivity index (χ1v) is 23.8. The molecule has 8 nitrogen and oxygen atoms in total. The first kappa shape index (κ1) is 57.7. The number of benzene rings is 4. The first-order chi connectivity index (χ1) is 30.7. The Hall–Kier alpha value is -5.39. The zero-order valence-electron chi connectivity index (χ0n) is 44.5. The number of alkyl carbamates (subject to hydrolysis) is 2. The highest BCUT2D eigenvalue weighted by Crippen LogP contribution is 2.33. The zero-order chi connectivity index (χ0) is 51.8. The Bertz CT molecular complexity index is 2650. The van der Waals surface area contributed by atoms with Crippen molar-refractivity contribution in [1.29, 1.82) is 0 Å². The SMILES string of the molecule is C#CCNC(=O)OC(C)(C)C.Cc1cc(C(=O)c2c(C)c(C)c(C)c(C)c2C)c(C#CCNC(=O)OC(C)(C)C)c(C)c1C.Cc1cc(C(=O)c2c(C)c(C)c(C)c(C)c2C)c(I)c(C)c1C. The van der Waals surface area contributed by atoms with Gasteiger partial charge in [0.05, 0.1) is 13.1 Å². The van der Waals surface area contributed by atoms with Gasteiger partial charge in [0, 0.05) is 31.4 Å². The molecule has 67 heavy (non-hydrogen) atoms. The van der Waals surface area contributed by atoms with Crippen molar-refractivity contribution < 1.29 is 28.7 Å². The van der Waals surface area contributed by atoms with E-state index in [4.69, 9.17) is 15.9 Å². The second-order valence-corrected chi connectivity index (χ2v) is 20.6. The Morgan fingerprint density at radius 1 is 0.493 bits per heavy atom. The van der Waals surface area contributed by atoms with Crippen LogP contribution in [0.1, 0.15) is 168 Å². The van der Waals surface area contributed by atoms with E-state index in [0.717, 1.165) is 70.3 Å². The van der Waals surface area contributed by atoms with Gasteiger partial charge < -0.3 is 20.1 Å². The molecule has 4 aromatic carbocycles. The van der Waals surface area contributed by atoms with Crippen LogP contribution in [-0.2, 0) is 9.47 Å². The summed E-state index contributed by atoms with van der Waals surface area (Å²) in [5.74, 6) is 8.58. The smallest absolute Gasteiger partial charge is 0.408 e.